The first-order chi connectivity index (χ1) is 8.49. The van der Waals surface area contributed by atoms with Crippen LogP contribution in [0.25, 0.3) is 5.76 Å². The van der Waals surface area contributed by atoms with Gasteiger partial charge in [-0.1, -0.05) is 11.2 Å². The van der Waals surface area contributed by atoms with Crippen LogP contribution in [0.15, 0.2) is 28.9 Å². The number of aliphatic hydroxyl groups is 1. The third-order valence-electron chi connectivity index (χ3n) is 2.70. The number of fused-ring (bicyclic) bond motifs is 1. The van der Waals surface area contributed by atoms with Crippen molar-refractivity contribution in [3.05, 3.63) is 45.0 Å². The summed E-state index contributed by atoms with van der Waals surface area (Å²) in [7, 11) is 0. The predicted octanol–water partition coefficient (Wildman–Crippen LogP) is 1.91. The number of ketones is 1. The Kier molecular flexibility index (Phi) is 2.59. The number of carbonyl (C=O) groups is 1. The molecule has 1 aromatic carbocycles. The summed E-state index contributed by atoms with van der Waals surface area (Å²) in [5, 5.41) is 32.2. The fourth-order valence-electron chi connectivity index (χ4n) is 1.88. The number of oxime groups is 1. The Morgan fingerprint density at radius 3 is 2.67 bits per heavy atom. The van der Waals surface area contributed by atoms with Crippen molar-refractivity contribution in [2.24, 2.45) is 5.16 Å². The van der Waals surface area contributed by atoms with Crippen LogP contribution in [-0.4, -0.2) is 26.7 Å². The maximum atomic E-state index is 12.0. The molecule has 7 nitrogen and oxygen atoms in total. The van der Waals surface area contributed by atoms with E-state index in [9.17, 15) is 20.0 Å². The van der Waals surface area contributed by atoms with Gasteiger partial charge in [0.25, 0.3) is 5.69 Å². The maximum Gasteiger partial charge on any atom is 0.281 e. The van der Waals surface area contributed by atoms with E-state index in [-0.39, 0.29) is 28.1 Å². The van der Waals surface area contributed by atoms with Gasteiger partial charge in [-0.2, -0.15) is 0 Å². The van der Waals surface area contributed by atoms with Gasteiger partial charge in [0.1, 0.15) is 11.3 Å². The van der Waals surface area contributed by atoms with E-state index in [1.807, 2.05) is 0 Å². The van der Waals surface area contributed by atoms with Crippen molar-refractivity contribution in [1.82, 2.24) is 0 Å². The lowest BCUT2D eigenvalue weighted by Gasteiger charge is -1.99. The molecule has 1 aromatic rings. The van der Waals surface area contributed by atoms with E-state index in [2.05, 4.69) is 5.16 Å². The van der Waals surface area contributed by atoms with Crippen LogP contribution in [0, 0.1) is 10.1 Å². The van der Waals surface area contributed by atoms with Crippen LogP contribution in [0.2, 0.25) is 0 Å². The summed E-state index contributed by atoms with van der Waals surface area (Å²) in [4.78, 5) is 22.2. The van der Waals surface area contributed by atoms with Crippen LogP contribution in [0.5, 0.6) is 0 Å². The molecular formula is C11H8N2O5. The van der Waals surface area contributed by atoms with Crippen LogP contribution in [-0.2, 0) is 0 Å². The average Bonchev–Trinajstić information content (AvgIpc) is 2.61. The lowest BCUT2D eigenvalue weighted by atomic mass is 10.0. The standard InChI is InChI=1S/C11H8N2O5/c1-5(12-16)8-10(14)6-3-2-4-7(13(17)18)9(6)11(8)15/h2-4,14,16H,1H3. The molecule has 2 N–H and O–H groups in total. The van der Waals surface area contributed by atoms with Gasteiger partial charge < -0.3 is 10.3 Å². The number of aliphatic hydroxyl groups excluding tert-OH is 1. The zero-order valence-corrected chi connectivity index (χ0v) is 9.25. The molecule has 0 aromatic heterocycles. The molecule has 0 atom stereocenters. The minimum Gasteiger partial charge on any atom is -0.506 e. The van der Waals surface area contributed by atoms with E-state index in [1.54, 1.807) is 0 Å². The number of benzene rings is 1. The summed E-state index contributed by atoms with van der Waals surface area (Å²) in [5.41, 5.74) is -0.806. The van der Waals surface area contributed by atoms with Crippen LogP contribution in [0.3, 0.4) is 0 Å². The topological polar surface area (TPSA) is 113 Å². The molecule has 2 rings (SSSR count). The van der Waals surface area contributed by atoms with Crippen molar-refractivity contribution < 1.29 is 20.0 Å². The summed E-state index contributed by atoms with van der Waals surface area (Å²) in [6, 6.07) is 3.94. The average molecular weight is 248 g/mol. The fourth-order valence-corrected chi connectivity index (χ4v) is 1.88. The maximum absolute atomic E-state index is 12.0. The molecule has 0 spiro atoms. The number of allylic oxidation sites excluding steroid dienone is 1. The zero-order chi connectivity index (χ0) is 13.4. The molecule has 1 aliphatic rings. The Labute approximate surface area is 101 Å². The molecule has 0 unspecified atom stereocenters. The fraction of sp³-hybridized carbons (Fsp3) is 0.0909. The van der Waals surface area contributed by atoms with Gasteiger partial charge in [-0.25, -0.2) is 0 Å². The molecule has 0 amide bonds. The molecule has 92 valence electrons. The Bertz CT molecular complexity index is 630. The second-order valence-corrected chi connectivity index (χ2v) is 3.69. The lowest BCUT2D eigenvalue weighted by Crippen LogP contribution is -2.09. The molecule has 1 aliphatic carbocycles. The highest BCUT2D eigenvalue weighted by Crippen LogP contribution is 2.36. The van der Waals surface area contributed by atoms with Gasteiger partial charge in [0.05, 0.1) is 16.2 Å². The third kappa shape index (κ3) is 1.45. The van der Waals surface area contributed by atoms with Gasteiger partial charge in [0.2, 0.25) is 5.78 Å². The Balaban J connectivity index is 2.72. The first kappa shape index (κ1) is 11.8. The van der Waals surface area contributed by atoms with Crippen LogP contribution >= 0.6 is 0 Å². The lowest BCUT2D eigenvalue weighted by molar-refractivity contribution is -0.385. The monoisotopic (exact) mass is 248 g/mol. The van der Waals surface area contributed by atoms with E-state index in [1.165, 1.54) is 25.1 Å². The second-order valence-electron chi connectivity index (χ2n) is 3.69. The van der Waals surface area contributed by atoms with Crippen molar-refractivity contribution in [1.29, 1.82) is 0 Å². The minimum atomic E-state index is -0.718. The largest absolute Gasteiger partial charge is 0.506 e. The molecule has 7 heteroatoms. The van der Waals surface area contributed by atoms with Crippen molar-refractivity contribution >= 4 is 22.9 Å². The summed E-state index contributed by atoms with van der Waals surface area (Å²) in [6.07, 6.45) is 0. The number of hydrogen-bond donors (Lipinski definition) is 2. The first-order valence-electron chi connectivity index (χ1n) is 4.93. The molecule has 0 heterocycles. The van der Waals surface area contributed by atoms with E-state index in [4.69, 9.17) is 5.21 Å². The summed E-state index contributed by atoms with van der Waals surface area (Å²) in [5.74, 6) is -1.13. The number of rotatable bonds is 2. The summed E-state index contributed by atoms with van der Waals surface area (Å²) in [6.45, 7) is 1.32. The molecule has 0 saturated heterocycles. The Morgan fingerprint density at radius 2 is 2.11 bits per heavy atom. The second kappa shape index (κ2) is 3.95. The number of Topliss-reactive ketones (excluding diaryl/α,β-unsaturated/α-hetero) is 1. The van der Waals surface area contributed by atoms with Crippen molar-refractivity contribution in [3.63, 3.8) is 0 Å². The number of nitro benzene ring substituents is 1. The summed E-state index contributed by atoms with van der Waals surface area (Å²) < 4.78 is 0. The van der Waals surface area contributed by atoms with Crippen LogP contribution < -0.4 is 0 Å². The predicted molar refractivity (Wildman–Crippen MR) is 61.9 cm³/mol. The highest BCUT2D eigenvalue weighted by Gasteiger charge is 2.37. The molecule has 18 heavy (non-hydrogen) atoms. The Morgan fingerprint density at radius 1 is 1.44 bits per heavy atom. The van der Waals surface area contributed by atoms with Gasteiger partial charge in [-0.05, 0) is 13.0 Å². The summed E-state index contributed by atoms with van der Waals surface area (Å²) >= 11 is 0. The van der Waals surface area contributed by atoms with Gasteiger partial charge in [0.15, 0.2) is 0 Å². The number of nitrogens with zero attached hydrogens (tertiary/aromatic N) is 2. The Hall–Kier alpha value is -2.70. The van der Waals surface area contributed by atoms with Gasteiger partial charge in [-0.3, -0.25) is 14.9 Å². The van der Waals surface area contributed by atoms with Gasteiger partial charge in [-0.15, -0.1) is 0 Å². The molecule has 0 bridgehead atoms. The SMILES string of the molecule is CC(=NO)C1=C(O)c2cccc([N+](=O)[O-])c2C1=O. The number of hydrogen-bond acceptors (Lipinski definition) is 6. The van der Waals surface area contributed by atoms with Crippen molar-refractivity contribution in [3.8, 4) is 0 Å². The van der Waals surface area contributed by atoms with E-state index in [0.717, 1.165) is 0 Å². The van der Waals surface area contributed by atoms with Crippen LogP contribution in [0.1, 0.15) is 22.8 Å². The van der Waals surface area contributed by atoms with Gasteiger partial charge in [0, 0.05) is 11.6 Å². The minimum absolute atomic E-state index is 0.0761. The molecule has 0 fully saturated rings. The zero-order valence-electron chi connectivity index (χ0n) is 9.25. The number of carbonyl (C=O) groups excluding carboxylic acids is 1. The molecule has 0 saturated carbocycles. The highest BCUT2D eigenvalue weighted by molar-refractivity contribution is 6.36. The van der Waals surface area contributed by atoms with Crippen molar-refractivity contribution in [2.75, 3.05) is 0 Å². The smallest absolute Gasteiger partial charge is 0.281 e. The van der Waals surface area contributed by atoms with E-state index in [0.29, 0.717) is 0 Å². The van der Waals surface area contributed by atoms with Crippen LogP contribution in [0.4, 0.5) is 5.69 Å². The molecule has 0 aliphatic heterocycles. The quantitative estimate of drug-likeness (QED) is 0.359. The molecular weight excluding hydrogens is 240 g/mol. The van der Waals surface area contributed by atoms with E-state index >= 15 is 0 Å². The van der Waals surface area contributed by atoms with E-state index < -0.39 is 16.5 Å². The third-order valence-corrected chi connectivity index (χ3v) is 2.70. The highest BCUT2D eigenvalue weighted by atomic mass is 16.6. The van der Waals surface area contributed by atoms with Crippen molar-refractivity contribution in [2.45, 2.75) is 6.92 Å². The molecule has 0 radical (unpaired) electrons. The first-order valence-corrected chi connectivity index (χ1v) is 4.93. The number of nitro groups is 1. The van der Waals surface area contributed by atoms with Gasteiger partial charge >= 0.3 is 0 Å². The normalized spacial score (nSPS) is 14.9.